The first-order valence-electron chi connectivity index (χ1n) is 5.18. The summed E-state index contributed by atoms with van der Waals surface area (Å²) in [5.41, 5.74) is 12.7. The Morgan fingerprint density at radius 2 is 2.29 bits per heavy atom. The van der Waals surface area contributed by atoms with Gasteiger partial charge in [-0.15, -0.1) is 0 Å². The summed E-state index contributed by atoms with van der Waals surface area (Å²) in [6.45, 7) is 2.18. The zero-order valence-electron chi connectivity index (χ0n) is 8.74. The number of unbranched alkanes of at least 4 members (excludes halogenated alkanes) is 1. The molecule has 1 atom stereocenters. The molecule has 0 amide bonds. The third-order valence-electron chi connectivity index (χ3n) is 2.27. The van der Waals surface area contributed by atoms with Crippen molar-refractivity contribution in [2.45, 2.75) is 38.6 Å². The zero-order valence-corrected chi connectivity index (χ0v) is 8.74. The Balaban J connectivity index is 2.43. The number of nitrogens with zero attached hydrogens (tertiary/aromatic N) is 1. The molecule has 0 saturated heterocycles. The SMILES string of the molecule is CCCCC(N)Cc1ccnc(N)c1. The monoisotopic (exact) mass is 193 g/mol. The van der Waals surface area contributed by atoms with Crippen molar-refractivity contribution >= 4 is 5.82 Å². The number of anilines is 1. The van der Waals surface area contributed by atoms with Crippen molar-refractivity contribution in [2.24, 2.45) is 5.73 Å². The Morgan fingerprint density at radius 1 is 1.50 bits per heavy atom. The molecule has 3 heteroatoms. The molecule has 78 valence electrons. The van der Waals surface area contributed by atoms with Crippen molar-refractivity contribution in [3.05, 3.63) is 23.9 Å². The summed E-state index contributed by atoms with van der Waals surface area (Å²) in [6, 6.07) is 4.12. The van der Waals surface area contributed by atoms with E-state index in [9.17, 15) is 0 Å². The van der Waals surface area contributed by atoms with Crippen LogP contribution < -0.4 is 11.5 Å². The average Bonchev–Trinajstić information content (AvgIpc) is 2.15. The molecule has 1 heterocycles. The minimum atomic E-state index is 0.247. The lowest BCUT2D eigenvalue weighted by Gasteiger charge is -2.10. The van der Waals surface area contributed by atoms with Gasteiger partial charge in [0.2, 0.25) is 0 Å². The predicted octanol–water partition coefficient (Wildman–Crippen LogP) is 1.72. The molecule has 0 aliphatic heterocycles. The van der Waals surface area contributed by atoms with Gasteiger partial charge in [0.25, 0.3) is 0 Å². The largest absolute Gasteiger partial charge is 0.384 e. The van der Waals surface area contributed by atoms with Gasteiger partial charge in [-0.1, -0.05) is 19.8 Å². The van der Waals surface area contributed by atoms with Crippen molar-refractivity contribution in [3.8, 4) is 0 Å². The third kappa shape index (κ3) is 3.75. The van der Waals surface area contributed by atoms with E-state index in [2.05, 4.69) is 11.9 Å². The van der Waals surface area contributed by atoms with Gasteiger partial charge < -0.3 is 11.5 Å². The maximum absolute atomic E-state index is 5.98. The van der Waals surface area contributed by atoms with Gasteiger partial charge in [0.05, 0.1) is 0 Å². The van der Waals surface area contributed by atoms with Gasteiger partial charge in [0.15, 0.2) is 0 Å². The highest BCUT2D eigenvalue weighted by molar-refractivity contribution is 5.32. The Bertz CT molecular complexity index is 273. The first-order valence-corrected chi connectivity index (χ1v) is 5.18. The summed E-state index contributed by atoms with van der Waals surface area (Å²) in [5.74, 6) is 0.574. The number of hydrogen-bond acceptors (Lipinski definition) is 3. The summed E-state index contributed by atoms with van der Waals surface area (Å²) < 4.78 is 0. The second-order valence-corrected chi connectivity index (χ2v) is 3.70. The predicted molar refractivity (Wildman–Crippen MR) is 59.9 cm³/mol. The van der Waals surface area contributed by atoms with Crippen molar-refractivity contribution in [2.75, 3.05) is 5.73 Å². The van der Waals surface area contributed by atoms with E-state index in [-0.39, 0.29) is 6.04 Å². The first-order chi connectivity index (χ1) is 6.72. The fourth-order valence-electron chi connectivity index (χ4n) is 1.49. The number of nitrogen functional groups attached to an aromatic ring is 1. The quantitative estimate of drug-likeness (QED) is 0.748. The molecular formula is C11H19N3. The van der Waals surface area contributed by atoms with Crippen LogP contribution in [0.15, 0.2) is 18.3 Å². The molecule has 0 spiro atoms. The van der Waals surface area contributed by atoms with E-state index in [1.54, 1.807) is 6.20 Å². The Kier molecular flexibility index (Phi) is 4.40. The van der Waals surface area contributed by atoms with Gasteiger partial charge >= 0.3 is 0 Å². The number of pyridine rings is 1. The van der Waals surface area contributed by atoms with Crippen molar-refractivity contribution in [1.29, 1.82) is 0 Å². The number of hydrogen-bond donors (Lipinski definition) is 2. The van der Waals surface area contributed by atoms with Crippen LogP contribution in [0.3, 0.4) is 0 Å². The van der Waals surface area contributed by atoms with Crippen LogP contribution in [0.5, 0.6) is 0 Å². The topological polar surface area (TPSA) is 64.9 Å². The maximum atomic E-state index is 5.98. The highest BCUT2D eigenvalue weighted by atomic mass is 14.8. The second kappa shape index (κ2) is 5.60. The molecule has 1 unspecified atom stereocenters. The molecule has 0 aromatic carbocycles. The summed E-state index contributed by atoms with van der Waals surface area (Å²) in [5, 5.41) is 0. The molecule has 4 N–H and O–H groups in total. The summed E-state index contributed by atoms with van der Waals surface area (Å²) in [4.78, 5) is 3.95. The van der Waals surface area contributed by atoms with E-state index in [0.29, 0.717) is 5.82 Å². The summed E-state index contributed by atoms with van der Waals surface area (Å²) >= 11 is 0. The lowest BCUT2D eigenvalue weighted by molar-refractivity contribution is 0.574. The second-order valence-electron chi connectivity index (χ2n) is 3.70. The molecule has 1 aromatic rings. The van der Waals surface area contributed by atoms with Crippen LogP contribution in [-0.4, -0.2) is 11.0 Å². The standard InChI is InChI=1S/C11H19N3/c1-2-3-4-10(12)7-9-5-6-14-11(13)8-9/h5-6,8,10H,2-4,7,12H2,1H3,(H2,13,14). The van der Waals surface area contributed by atoms with Crippen molar-refractivity contribution in [1.82, 2.24) is 4.98 Å². The van der Waals surface area contributed by atoms with Crippen molar-refractivity contribution < 1.29 is 0 Å². The van der Waals surface area contributed by atoms with Crippen LogP contribution in [0.1, 0.15) is 31.7 Å². The number of rotatable bonds is 5. The van der Waals surface area contributed by atoms with Crippen LogP contribution in [-0.2, 0) is 6.42 Å². The Hall–Kier alpha value is -1.09. The third-order valence-corrected chi connectivity index (χ3v) is 2.27. The summed E-state index contributed by atoms with van der Waals surface area (Å²) in [6.07, 6.45) is 6.11. The van der Waals surface area contributed by atoms with E-state index in [4.69, 9.17) is 11.5 Å². The minimum absolute atomic E-state index is 0.247. The molecule has 0 radical (unpaired) electrons. The maximum Gasteiger partial charge on any atom is 0.123 e. The highest BCUT2D eigenvalue weighted by Crippen LogP contribution is 2.08. The smallest absolute Gasteiger partial charge is 0.123 e. The van der Waals surface area contributed by atoms with Gasteiger partial charge in [0.1, 0.15) is 5.82 Å². The fourth-order valence-corrected chi connectivity index (χ4v) is 1.49. The molecule has 0 bridgehead atoms. The molecule has 0 saturated carbocycles. The summed E-state index contributed by atoms with van der Waals surface area (Å²) in [7, 11) is 0. The van der Waals surface area contributed by atoms with Gasteiger partial charge in [-0.3, -0.25) is 0 Å². The van der Waals surface area contributed by atoms with Crippen molar-refractivity contribution in [3.63, 3.8) is 0 Å². The van der Waals surface area contributed by atoms with Gasteiger partial charge in [-0.25, -0.2) is 4.98 Å². The molecule has 3 nitrogen and oxygen atoms in total. The minimum Gasteiger partial charge on any atom is -0.384 e. The van der Waals surface area contributed by atoms with Gasteiger partial charge in [-0.2, -0.15) is 0 Å². The number of aromatic nitrogens is 1. The molecule has 0 aliphatic rings. The molecule has 0 aliphatic carbocycles. The van der Waals surface area contributed by atoms with Crippen LogP contribution in [0, 0.1) is 0 Å². The normalized spacial score (nSPS) is 12.7. The van der Waals surface area contributed by atoms with Crippen LogP contribution in [0.2, 0.25) is 0 Å². The molecule has 14 heavy (non-hydrogen) atoms. The fraction of sp³-hybridized carbons (Fsp3) is 0.545. The van der Waals surface area contributed by atoms with E-state index in [1.165, 1.54) is 18.4 Å². The molecule has 1 aromatic heterocycles. The molecular weight excluding hydrogens is 174 g/mol. The molecule has 0 fully saturated rings. The van der Waals surface area contributed by atoms with Gasteiger partial charge in [-0.05, 0) is 30.5 Å². The zero-order chi connectivity index (χ0) is 10.4. The van der Waals surface area contributed by atoms with E-state index >= 15 is 0 Å². The number of nitrogens with two attached hydrogens (primary N) is 2. The van der Waals surface area contributed by atoms with Crippen LogP contribution >= 0.6 is 0 Å². The van der Waals surface area contributed by atoms with E-state index in [0.717, 1.165) is 12.8 Å². The Labute approximate surface area is 85.5 Å². The first kappa shape index (κ1) is 11.0. The Morgan fingerprint density at radius 3 is 2.93 bits per heavy atom. The van der Waals surface area contributed by atoms with Gasteiger partial charge in [0, 0.05) is 12.2 Å². The van der Waals surface area contributed by atoms with Crippen LogP contribution in [0.4, 0.5) is 5.82 Å². The molecule has 1 rings (SSSR count). The average molecular weight is 193 g/mol. The lowest BCUT2D eigenvalue weighted by atomic mass is 10.0. The van der Waals surface area contributed by atoms with E-state index in [1.807, 2.05) is 12.1 Å². The van der Waals surface area contributed by atoms with Crippen LogP contribution in [0.25, 0.3) is 0 Å². The highest BCUT2D eigenvalue weighted by Gasteiger charge is 2.03. The lowest BCUT2D eigenvalue weighted by Crippen LogP contribution is -2.22. The van der Waals surface area contributed by atoms with E-state index < -0.39 is 0 Å².